The molecule has 54 heavy (non-hydrogen) atoms. The van der Waals surface area contributed by atoms with Gasteiger partial charge in [-0.05, 0) is 110 Å². The molecule has 1 aliphatic heterocycles. The summed E-state index contributed by atoms with van der Waals surface area (Å²) in [5, 5.41) is 0. The summed E-state index contributed by atoms with van der Waals surface area (Å²) in [6, 6.07) is 23.1. The first-order chi connectivity index (χ1) is 25.6. The minimum atomic E-state index is -0.138. The number of aryl methyl sites for hydroxylation is 6. The molecule has 0 bridgehead atoms. The minimum absolute atomic E-state index is 0.138. The van der Waals surface area contributed by atoms with Crippen LogP contribution in [-0.2, 0) is 0 Å². The molecule has 1 aromatic heterocycles. The van der Waals surface area contributed by atoms with E-state index in [9.17, 15) is 0 Å². The molecular weight excluding hydrogens is 657 g/mol. The van der Waals surface area contributed by atoms with Crippen molar-refractivity contribution < 1.29 is 0 Å². The maximum atomic E-state index is 6.06. The molecule has 2 heterocycles. The summed E-state index contributed by atoms with van der Waals surface area (Å²) in [5.74, 6) is 1.40. The molecular formula is C48H64BN5. The van der Waals surface area contributed by atoms with Crippen molar-refractivity contribution in [2.45, 2.75) is 121 Å². The zero-order valence-corrected chi connectivity index (χ0v) is 35.7. The monoisotopic (exact) mass is 722 g/mol. The Morgan fingerprint density at radius 3 is 1.24 bits per heavy atom. The van der Waals surface area contributed by atoms with Crippen LogP contribution < -0.4 is 15.3 Å². The van der Waals surface area contributed by atoms with Gasteiger partial charge in [0.15, 0.2) is 0 Å². The van der Waals surface area contributed by atoms with Crippen molar-refractivity contribution in [2.75, 3.05) is 29.2 Å². The third-order valence-electron chi connectivity index (χ3n) is 11.5. The van der Waals surface area contributed by atoms with E-state index in [4.69, 9.17) is 4.90 Å². The Bertz CT molecular complexity index is 2030. The molecule has 5 aromatic rings. The molecule has 0 saturated carbocycles. The summed E-state index contributed by atoms with van der Waals surface area (Å²) in [6.07, 6.45) is 5.36. The molecule has 6 rings (SSSR count). The van der Waals surface area contributed by atoms with Gasteiger partial charge in [0.1, 0.15) is 0 Å². The highest BCUT2D eigenvalue weighted by molar-refractivity contribution is 6.62. The number of aromatic nitrogens is 2. The molecule has 5 nitrogen and oxygen atoms in total. The molecule has 1 aliphatic rings. The van der Waals surface area contributed by atoms with Gasteiger partial charge in [-0.3, -0.25) is 14.0 Å². The lowest BCUT2D eigenvalue weighted by Crippen LogP contribution is -2.58. The second kappa shape index (κ2) is 15.7. The Morgan fingerprint density at radius 1 is 0.500 bits per heavy atom. The number of rotatable bonds is 9. The van der Waals surface area contributed by atoms with Crippen molar-refractivity contribution in [1.29, 1.82) is 0 Å². The number of hydrogen-bond acceptors (Lipinski definition) is 3. The predicted molar refractivity (Wildman–Crippen MR) is 234 cm³/mol. The van der Waals surface area contributed by atoms with E-state index in [1.807, 2.05) is 0 Å². The molecule has 284 valence electrons. The molecule has 0 N–H and O–H groups in total. The van der Waals surface area contributed by atoms with Crippen molar-refractivity contribution in [3.8, 4) is 11.4 Å². The van der Waals surface area contributed by atoms with Crippen LogP contribution >= 0.6 is 0 Å². The summed E-state index contributed by atoms with van der Waals surface area (Å²) in [4.78, 5) is 11.3. The Labute approximate surface area is 326 Å². The second-order valence-corrected chi connectivity index (χ2v) is 17.3. The number of imidazole rings is 1. The summed E-state index contributed by atoms with van der Waals surface area (Å²) in [7, 11) is 0. The standard InChI is InChI=1S/C48H64BN5/c1-30(2)40-17-15-18-41(31(3)4)46(40)52-22-23-53(47-42(32(5)6)19-16-20-43(47)33(7)8)48(52)50-49-29-51(44-36(11)25-34(9)26-37(44)12)21-24-54(49)45-38(13)27-35(10)28-39(45)14/h15-20,22-23,25-28,30-33H,21,24,29H2,1-14H3. The zero-order chi connectivity index (χ0) is 39.2. The van der Waals surface area contributed by atoms with Gasteiger partial charge < -0.3 is 9.71 Å². The normalized spacial score (nSPS) is 13.7. The first-order valence-corrected chi connectivity index (χ1v) is 20.4. The maximum Gasteiger partial charge on any atom is 0.418 e. The third-order valence-corrected chi connectivity index (χ3v) is 11.5. The van der Waals surface area contributed by atoms with Crippen LogP contribution in [0.25, 0.3) is 11.4 Å². The van der Waals surface area contributed by atoms with E-state index in [0.29, 0.717) is 23.7 Å². The SMILES string of the molecule is Cc1cc(C)c(N2CCN(c3c(C)cc(C)cc3C)B(N=c3n(-c4c(C(C)C)cccc4C(C)C)ccn3-c3c(C(C)C)cccc3C(C)C)C2)c(C)c1. The smallest absolute Gasteiger partial charge is 0.391 e. The van der Waals surface area contributed by atoms with Gasteiger partial charge in [-0.25, -0.2) is 0 Å². The van der Waals surface area contributed by atoms with Gasteiger partial charge in [-0.2, -0.15) is 0 Å². The minimum Gasteiger partial charge on any atom is -0.391 e. The fourth-order valence-corrected chi connectivity index (χ4v) is 9.20. The van der Waals surface area contributed by atoms with Crippen molar-refractivity contribution in [2.24, 2.45) is 4.90 Å². The lowest BCUT2D eigenvalue weighted by Gasteiger charge is -2.42. The van der Waals surface area contributed by atoms with E-state index in [1.165, 1.54) is 78.4 Å². The molecule has 0 spiro atoms. The molecule has 1 saturated heterocycles. The van der Waals surface area contributed by atoms with Crippen LogP contribution in [0.2, 0.25) is 0 Å². The highest BCUT2D eigenvalue weighted by Gasteiger charge is 2.35. The number of benzene rings is 4. The zero-order valence-electron chi connectivity index (χ0n) is 35.7. The van der Waals surface area contributed by atoms with Gasteiger partial charge in [0, 0.05) is 43.3 Å². The molecule has 6 heteroatoms. The van der Waals surface area contributed by atoms with E-state index in [1.54, 1.807) is 0 Å². The topological polar surface area (TPSA) is 28.7 Å². The number of para-hydroxylation sites is 2. The molecule has 4 aromatic carbocycles. The van der Waals surface area contributed by atoms with Crippen LogP contribution in [0.1, 0.15) is 135 Å². The average molecular weight is 722 g/mol. The highest BCUT2D eigenvalue weighted by Crippen LogP contribution is 2.35. The van der Waals surface area contributed by atoms with Crippen LogP contribution in [0.15, 0.2) is 78.0 Å². The molecule has 1 fully saturated rings. The molecule has 0 unspecified atom stereocenters. The summed E-state index contributed by atoms with van der Waals surface area (Å²) in [5.41, 5.74) is 19.5. The van der Waals surface area contributed by atoms with E-state index in [-0.39, 0.29) is 6.98 Å². The lowest BCUT2D eigenvalue weighted by atomic mass is 9.70. The van der Waals surface area contributed by atoms with Crippen molar-refractivity contribution in [1.82, 2.24) is 9.13 Å². The summed E-state index contributed by atoms with van der Waals surface area (Å²) >= 11 is 0. The third kappa shape index (κ3) is 7.46. The van der Waals surface area contributed by atoms with Crippen molar-refractivity contribution in [3.05, 3.63) is 134 Å². The van der Waals surface area contributed by atoms with Gasteiger partial charge in [-0.1, -0.05) is 127 Å². The van der Waals surface area contributed by atoms with Crippen molar-refractivity contribution in [3.63, 3.8) is 0 Å². The Kier molecular flexibility index (Phi) is 11.4. The van der Waals surface area contributed by atoms with Crippen LogP contribution in [0.5, 0.6) is 0 Å². The van der Waals surface area contributed by atoms with Crippen molar-refractivity contribution >= 4 is 18.4 Å². The molecule has 0 aliphatic carbocycles. The van der Waals surface area contributed by atoms with Gasteiger partial charge in [0.25, 0.3) is 0 Å². The van der Waals surface area contributed by atoms with Gasteiger partial charge in [-0.15, -0.1) is 0 Å². The van der Waals surface area contributed by atoms with Crippen LogP contribution in [0, 0.1) is 41.5 Å². The summed E-state index contributed by atoms with van der Waals surface area (Å²) < 4.78 is 4.86. The molecule has 0 amide bonds. The Morgan fingerprint density at radius 2 is 0.870 bits per heavy atom. The number of hydrogen-bond donors (Lipinski definition) is 0. The van der Waals surface area contributed by atoms with Gasteiger partial charge >= 0.3 is 6.98 Å². The molecule has 0 radical (unpaired) electrons. The maximum absolute atomic E-state index is 6.06. The Balaban J connectivity index is 1.72. The number of nitrogens with zero attached hydrogens (tertiary/aromatic N) is 5. The van der Waals surface area contributed by atoms with Crippen LogP contribution in [0.3, 0.4) is 0 Å². The number of anilines is 2. The summed E-state index contributed by atoms with van der Waals surface area (Å²) in [6.45, 7) is 33.7. The lowest BCUT2D eigenvalue weighted by molar-refractivity contribution is 0.756. The van der Waals surface area contributed by atoms with Gasteiger partial charge in [0.05, 0.1) is 11.4 Å². The fourth-order valence-electron chi connectivity index (χ4n) is 9.20. The quantitative estimate of drug-likeness (QED) is 0.142. The highest BCUT2D eigenvalue weighted by atomic mass is 15.3. The predicted octanol–water partition coefficient (Wildman–Crippen LogP) is 11.6. The Hall–Kier alpha value is -4.45. The average Bonchev–Trinajstić information content (AvgIpc) is 3.49. The van der Waals surface area contributed by atoms with E-state index < -0.39 is 0 Å². The van der Waals surface area contributed by atoms with Gasteiger partial charge in [0.2, 0.25) is 5.62 Å². The van der Waals surface area contributed by atoms with Crippen LogP contribution in [-0.4, -0.2) is 35.7 Å². The van der Waals surface area contributed by atoms with E-state index in [0.717, 1.165) is 25.2 Å². The second-order valence-electron chi connectivity index (χ2n) is 17.3. The van der Waals surface area contributed by atoms with E-state index >= 15 is 0 Å². The largest absolute Gasteiger partial charge is 0.418 e. The van der Waals surface area contributed by atoms with E-state index in [2.05, 4.69) is 189 Å². The van der Waals surface area contributed by atoms with Crippen LogP contribution in [0.4, 0.5) is 11.4 Å². The first-order valence-electron chi connectivity index (χ1n) is 20.4. The fraction of sp³-hybridized carbons (Fsp3) is 0.438. The molecule has 0 atom stereocenters. The first kappa shape index (κ1) is 39.3.